The highest BCUT2D eigenvalue weighted by atomic mass is 35.5. The van der Waals surface area contributed by atoms with E-state index in [4.69, 9.17) is 26.9 Å². The molecule has 26 heavy (non-hydrogen) atoms. The summed E-state index contributed by atoms with van der Waals surface area (Å²) < 4.78 is 39.2. The molecule has 0 radical (unpaired) electrons. The van der Waals surface area contributed by atoms with Crippen LogP contribution in [0.1, 0.15) is 0 Å². The lowest BCUT2D eigenvalue weighted by molar-refractivity contribution is -0.0497. The Morgan fingerprint density at radius 1 is 1.38 bits per heavy atom. The summed E-state index contributed by atoms with van der Waals surface area (Å²) in [5.74, 6) is 5.43. The molecule has 138 valence electrons. The van der Waals surface area contributed by atoms with Gasteiger partial charge in [0.25, 0.3) is 0 Å². The zero-order valence-electron chi connectivity index (χ0n) is 13.5. The second kappa shape index (κ2) is 9.47. The van der Waals surface area contributed by atoms with Crippen LogP contribution < -0.4 is 20.1 Å². The molecule has 1 aromatic carbocycles. The average Bonchev–Trinajstić information content (AvgIpc) is 2.64. The maximum absolute atomic E-state index is 12.3. The second-order valence-corrected chi connectivity index (χ2v) is 4.95. The van der Waals surface area contributed by atoms with Crippen LogP contribution in [0.2, 0.25) is 5.02 Å². The first-order valence-corrected chi connectivity index (χ1v) is 7.44. The molecule has 0 saturated carbocycles. The molecule has 1 aromatic heterocycles. The molecule has 0 spiro atoms. The minimum Gasteiger partial charge on any atom is -0.481 e. The Morgan fingerprint density at radius 3 is 2.88 bits per heavy atom. The molecule has 0 bridgehead atoms. The summed E-state index contributed by atoms with van der Waals surface area (Å²) >= 11 is 5.77. The first-order chi connectivity index (χ1) is 12.5. The largest absolute Gasteiger partial charge is 0.481 e. The van der Waals surface area contributed by atoms with Crippen LogP contribution in [0.25, 0.3) is 0 Å². The Hall–Kier alpha value is -3.01. The third-order valence-electron chi connectivity index (χ3n) is 2.83. The Labute approximate surface area is 152 Å². The molecule has 2 N–H and O–H groups in total. The van der Waals surface area contributed by atoms with Crippen LogP contribution in [0, 0.1) is 0 Å². The topological polar surface area (TPSA) is 104 Å². The van der Waals surface area contributed by atoms with Crippen molar-refractivity contribution in [2.45, 2.75) is 6.61 Å². The van der Waals surface area contributed by atoms with E-state index in [0.29, 0.717) is 11.6 Å². The van der Waals surface area contributed by atoms with Crippen molar-refractivity contribution < 1.29 is 23.0 Å². The van der Waals surface area contributed by atoms with Gasteiger partial charge >= 0.3 is 12.6 Å². The first-order valence-electron chi connectivity index (χ1n) is 7.07. The van der Waals surface area contributed by atoms with Gasteiger partial charge in [0.05, 0.1) is 24.0 Å². The van der Waals surface area contributed by atoms with Crippen molar-refractivity contribution in [3.8, 4) is 17.6 Å². The molecule has 0 fully saturated rings. The molecular formula is C15H14ClF2N5O3. The Morgan fingerprint density at radius 2 is 2.19 bits per heavy atom. The van der Waals surface area contributed by atoms with E-state index in [1.165, 1.54) is 37.7 Å². The normalized spacial score (nSPS) is 11.8. The van der Waals surface area contributed by atoms with E-state index in [1.54, 1.807) is 6.07 Å². The van der Waals surface area contributed by atoms with Crippen LogP contribution in [0.3, 0.4) is 0 Å². The predicted molar refractivity (Wildman–Crippen MR) is 91.9 cm³/mol. The molecule has 0 atom stereocenters. The van der Waals surface area contributed by atoms with E-state index in [-0.39, 0.29) is 29.1 Å². The summed E-state index contributed by atoms with van der Waals surface area (Å²) in [7, 11) is 1.46. The summed E-state index contributed by atoms with van der Waals surface area (Å²) in [5, 5.41) is 3.56. The number of hydrogen-bond donors (Lipinski definition) is 1. The zero-order valence-corrected chi connectivity index (χ0v) is 14.2. The molecule has 1 heterocycles. The van der Waals surface area contributed by atoms with Crippen molar-refractivity contribution in [1.29, 1.82) is 0 Å². The van der Waals surface area contributed by atoms with Gasteiger partial charge in [-0.05, 0) is 12.1 Å². The van der Waals surface area contributed by atoms with Crippen molar-refractivity contribution in [3.05, 3.63) is 35.5 Å². The van der Waals surface area contributed by atoms with Gasteiger partial charge in [0.15, 0.2) is 0 Å². The van der Waals surface area contributed by atoms with Gasteiger partial charge in [0.1, 0.15) is 18.1 Å². The van der Waals surface area contributed by atoms with Gasteiger partial charge in [0, 0.05) is 18.3 Å². The Bertz CT molecular complexity index is 805. The van der Waals surface area contributed by atoms with Crippen LogP contribution in [0.4, 0.5) is 14.5 Å². The lowest BCUT2D eigenvalue weighted by Gasteiger charge is -2.07. The lowest BCUT2D eigenvalue weighted by atomic mass is 10.3. The predicted octanol–water partition coefficient (Wildman–Crippen LogP) is 2.84. The first kappa shape index (κ1) is 19.3. The second-order valence-electron chi connectivity index (χ2n) is 4.54. The van der Waals surface area contributed by atoms with E-state index >= 15 is 0 Å². The minimum atomic E-state index is -3.00. The van der Waals surface area contributed by atoms with Gasteiger partial charge in [-0.2, -0.15) is 18.9 Å². The number of aliphatic imine (C=N–C) groups is 1. The molecule has 2 aromatic rings. The number of halogens is 3. The summed E-state index contributed by atoms with van der Waals surface area (Å²) in [4.78, 5) is 11.9. The summed E-state index contributed by atoms with van der Waals surface area (Å²) in [6.07, 6.45) is 2.77. The molecular weight excluding hydrogens is 372 g/mol. The number of nitrogens with two attached hydrogens (primary N) is 1. The Kier molecular flexibility index (Phi) is 7.03. The number of ether oxygens (including phenoxy) is 3. The number of alkyl halides is 2. The van der Waals surface area contributed by atoms with Crippen LogP contribution in [-0.4, -0.2) is 42.2 Å². The number of benzene rings is 1. The average molecular weight is 386 g/mol. The molecule has 8 nitrogen and oxygen atoms in total. The number of aromatic nitrogens is 2. The summed E-state index contributed by atoms with van der Waals surface area (Å²) in [5.41, 5.74) is 0.562. The van der Waals surface area contributed by atoms with Crippen molar-refractivity contribution >= 4 is 29.2 Å². The van der Waals surface area contributed by atoms with Crippen molar-refractivity contribution in [1.82, 2.24) is 9.97 Å². The minimum absolute atomic E-state index is 0.0375. The molecule has 11 heteroatoms. The van der Waals surface area contributed by atoms with Crippen LogP contribution >= 0.6 is 11.6 Å². The van der Waals surface area contributed by atoms with Gasteiger partial charge in [-0.1, -0.05) is 11.6 Å². The van der Waals surface area contributed by atoms with Gasteiger partial charge in [-0.15, -0.1) is 0 Å². The Balaban J connectivity index is 2.03. The fourth-order valence-electron chi connectivity index (χ4n) is 1.66. The molecule has 0 aliphatic heterocycles. The molecule has 2 rings (SSSR count). The van der Waals surface area contributed by atoms with Crippen molar-refractivity contribution in [3.63, 3.8) is 0 Å². The zero-order chi connectivity index (χ0) is 18.9. The van der Waals surface area contributed by atoms with E-state index in [2.05, 4.69) is 24.8 Å². The van der Waals surface area contributed by atoms with E-state index in [0.717, 1.165) is 0 Å². The molecule has 0 amide bonds. The number of hydrogen-bond acceptors (Lipinski definition) is 8. The highest BCUT2D eigenvalue weighted by Gasteiger charge is 2.09. The molecule has 0 aliphatic rings. The van der Waals surface area contributed by atoms with Gasteiger partial charge in [0.2, 0.25) is 5.88 Å². The quantitative estimate of drug-likeness (QED) is 0.425. The number of hydrazone groups is 1. The highest BCUT2D eigenvalue weighted by molar-refractivity contribution is 6.32. The maximum atomic E-state index is 12.3. The van der Waals surface area contributed by atoms with Gasteiger partial charge in [-0.3, -0.25) is 4.99 Å². The van der Waals surface area contributed by atoms with Crippen molar-refractivity contribution in [2.75, 3.05) is 13.7 Å². The molecule has 0 saturated heterocycles. The van der Waals surface area contributed by atoms with Gasteiger partial charge < -0.3 is 20.1 Å². The van der Waals surface area contributed by atoms with Gasteiger partial charge in [-0.25, -0.2) is 4.98 Å². The third-order valence-corrected chi connectivity index (χ3v) is 3.14. The summed E-state index contributed by atoms with van der Waals surface area (Å²) in [6, 6.07) is 5.78. The number of rotatable bonds is 8. The van der Waals surface area contributed by atoms with Crippen LogP contribution in [0.15, 0.2) is 40.6 Å². The SMILES string of the molecule is COc1ccnc(OCC(C=Nc2ccc(Cl)c(OC(F)F)c2)=NN)n1. The van der Waals surface area contributed by atoms with Crippen LogP contribution in [0.5, 0.6) is 17.6 Å². The number of methoxy groups -OCH3 is 1. The van der Waals surface area contributed by atoms with E-state index < -0.39 is 6.61 Å². The fourth-order valence-corrected chi connectivity index (χ4v) is 1.82. The van der Waals surface area contributed by atoms with E-state index in [9.17, 15) is 8.78 Å². The molecule has 0 aliphatic carbocycles. The van der Waals surface area contributed by atoms with E-state index in [1.807, 2.05) is 0 Å². The molecule has 0 unspecified atom stereocenters. The highest BCUT2D eigenvalue weighted by Crippen LogP contribution is 2.30. The lowest BCUT2D eigenvalue weighted by Crippen LogP contribution is -2.16. The maximum Gasteiger partial charge on any atom is 0.387 e. The fraction of sp³-hybridized carbons (Fsp3) is 0.200. The number of nitrogens with zero attached hydrogens (tertiary/aromatic N) is 4. The monoisotopic (exact) mass is 385 g/mol. The smallest absolute Gasteiger partial charge is 0.387 e. The van der Waals surface area contributed by atoms with Crippen LogP contribution in [-0.2, 0) is 0 Å². The van der Waals surface area contributed by atoms with Crippen molar-refractivity contribution in [2.24, 2.45) is 15.9 Å². The standard InChI is InChI=1S/C15H14ClF2N5O3/c1-24-13-4-5-20-15(22-13)25-8-10(23-19)7-21-9-2-3-11(16)12(6-9)26-14(17)18/h2-7,14H,8,19H2,1H3. The summed E-state index contributed by atoms with van der Waals surface area (Å²) in [6.45, 7) is -3.06. The third kappa shape index (κ3) is 5.81.